The van der Waals surface area contributed by atoms with Crippen molar-refractivity contribution >= 4 is 5.95 Å². The van der Waals surface area contributed by atoms with E-state index in [4.69, 9.17) is 4.74 Å². The summed E-state index contributed by atoms with van der Waals surface area (Å²) in [5.41, 5.74) is 0.932. The molecule has 1 N–H and O–H groups in total. The predicted octanol–water partition coefficient (Wildman–Crippen LogP) is 2.08. The average molecular weight is 264 g/mol. The summed E-state index contributed by atoms with van der Waals surface area (Å²) in [5, 5.41) is 3.43. The van der Waals surface area contributed by atoms with Crippen molar-refractivity contribution in [1.82, 2.24) is 14.9 Å². The number of nitrogens with one attached hydrogen (secondary N) is 1. The predicted molar refractivity (Wildman–Crippen MR) is 76.7 cm³/mol. The van der Waals surface area contributed by atoms with Gasteiger partial charge < -0.3 is 15.0 Å². The topological polar surface area (TPSA) is 50.3 Å². The second-order valence-electron chi connectivity index (χ2n) is 5.56. The number of aryl methyl sites for hydroxylation is 1. The molecular formula is C14H24N4O. The molecule has 1 aromatic heterocycles. The Bertz CT molecular complexity index is 414. The quantitative estimate of drug-likeness (QED) is 0.902. The first kappa shape index (κ1) is 14.1. The molecule has 1 fully saturated rings. The van der Waals surface area contributed by atoms with Crippen LogP contribution in [-0.4, -0.2) is 47.2 Å². The van der Waals surface area contributed by atoms with Gasteiger partial charge in [0.1, 0.15) is 0 Å². The number of ether oxygens (including phenoxy) is 1. The number of likely N-dealkylation sites (tertiary alicyclic amines) is 1. The molecule has 0 bridgehead atoms. The molecule has 0 unspecified atom stereocenters. The Morgan fingerprint density at radius 1 is 1.32 bits per heavy atom. The first-order chi connectivity index (χ1) is 9.02. The van der Waals surface area contributed by atoms with Gasteiger partial charge in [0.05, 0.1) is 6.10 Å². The molecular weight excluding hydrogens is 240 g/mol. The van der Waals surface area contributed by atoms with E-state index in [9.17, 15) is 0 Å². The molecule has 19 heavy (non-hydrogen) atoms. The maximum atomic E-state index is 5.64. The standard InChI is InChI=1S/C14H24N4O/c1-10(2)19-13-9-11(3)15-14(17-13)16-12-5-7-18(4)8-6-12/h9-10,12H,5-8H2,1-4H3,(H,15,16,17). The first-order valence-electron chi connectivity index (χ1n) is 7.00. The van der Waals surface area contributed by atoms with E-state index in [-0.39, 0.29) is 6.10 Å². The molecule has 2 heterocycles. The van der Waals surface area contributed by atoms with Crippen LogP contribution in [-0.2, 0) is 0 Å². The van der Waals surface area contributed by atoms with E-state index in [0.717, 1.165) is 31.6 Å². The molecule has 106 valence electrons. The summed E-state index contributed by atoms with van der Waals surface area (Å²) in [6.45, 7) is 8.22. The van der Waals surface area contributed by atoms with Gasteiger partial charge in [-0.3, -0.25) is 0 Å². The summed E-state index contributed by atoms with van der Waals surface area (Å²) in [4.78, 5) is 11.2. The Hall–Kier alpha value is -1.36. The molecule has 0 radical (unpaired) electrons. The summed E-state index contributed by atoms with van der Waals surface area (Å²) < 4.78 is 5.64. The second-order valence-corrected chi connectivity index (χ2v) is 5.56. The second kappa shape index (κ2) is 6.19. The largest absolute Gasteiger partial charge is 0.475 e. The Morgan fingerprint density at radius 3 is 2.63 bits per heavy atom. The molecule has 0 spiro atoms. The van der Waals surface area contributed by atoms with Gasteiger partial charge in [0, 0.05) is 17.8 Å². The molecule has 0 aromatic carbocycles. The van der Waals surface area contributed by atoms with E-state index in [1.807, 2.05) is 26.8 Å². The zero-order valence-electron chi connectivity index (χ0n) is 12.3. The van der Waals surface area contributed by atoms with Crippen molar-refractivity contribution in [2.75, 3.05) is 25.5 Å². The van der Waals surface area contributed by atoms with Crippen LogP contribution in [0.25, 0.3) is 0 Å². The van der Waals surface area contributed by atoms with E-state index in [1.54, 1.807) is 0 Å². The number of nitrogens with zero attached hydrogens (tertiary/aromatic N) is 3. The first-order valence-corrected chi connectivity index (χ1v) is 7.00. The maximum Gasteiger partial charge on any atom is 0.226 e. The fourth-order valence-electron chi connectivity index (χ4n) is 2.24. The van der Waals surface area contributed by atoms with Crippen LogP contribution in [0.3, 0.4) is 0 Å². The van der Waals surface area contributed by atoms with E-state index >= 15 is 0 Å². The van der Waals surface area contributed by atoms with Crippen LogP contribution in [0.2, 0.25) is 0 Å². The van der Waals surface area contributed by atoms with Crippen LogP contribution >= 0.6 is 0 Å². The molecule has 2 rings (SSSR count). The van der Waals surface area contributed by atoms with Gasteiger partial charge in [0.25, 0.3) is 0 Å². The van der Waals surface area contributed by atoms with Crippen molar-refractivity contribution in [2.45, 2.75) is 45.8 Å². The van der Waals surface area contributed by atoms with Crippen molar-refractivity contribution < 1.29 is 4.74 Å². The zero-order chi connectivity index (χ0) is 13.8. The lowest BCUT2D eigenvalue weighted by molar-refractivity contribution is 0.232. The van der Waals surface area contributed by atoms with Crippen molar-refractivity contribution in [2.24, 2.45) is 0 Å². The number of rotatable bonds is 4. The molecule has 1 aliphatic rings. The third kappa shape index (κ3) is 4.35. The summed E-state index contributed by atoms with van der Waals surface area (Å²) in [5.74, 6) is 1.34. The molecule has 0 saturated carbocycles. The summed E-state index contributed by atoms with van der Waals surface area (Å²) in [6, 6.07) is 2.34. The normalized spacial score (nSPS) is 17.7. The van der Waals surface area contributed by atoms with Crippen LogP contribution in [0.4, 0.5) is 5.95 Å². The van der Waals surface area contributed by atoms with Gasteiger partial charge in [-0.1, -0.05) is 0 Å². The van der Waals surface area contributed by atoms with Crippen LogP contribution < -0.4 is 10.1 Å². The molecule has 1 aliphatic heterocycles. The van der Waals surface area contributed by atoms with E-state index in [2.05, 4.69) is 27.2 Å². The molecule has 0 amide bonds. The van der Waals surface area contributed by atoms with Gasteiger partial charge in [0.15, 0.2) is 0 Å². The Morgan fingerprint density at radius 2 is 2.00 bits per heavy atom. The zero-order valence-corrected chi connectivity index (χ0v) is 12.3. The molecule has 5 heteroatoms. The van der Waals surface area contributed by atoms with Gasteiger partial charge >= 0.3 is 0 Å². The maximum absolute atomic E-state index is 5.64. The fourth-order valence-corrected chi connectivity index (χ4v) is 2.24. The molecule has 0 aliphatic carbocycles. The highest BCUT2D eigenvalue weighted by Crippen LogP contribution is 2.17. The van der Waals surface area contributed by atoms with Crippen LogP contribution in [0.1, 0.15) is 32.4 Å². The minimum absolute atomic E-state index is 0.130. The van der Waals surface area contributed by atoms with Gasteiger partial charge in [-0.25, -0.2) is 4.98 Å². The fraction of sp³-hybridized carbons (Fsp3) is 0.714. The molecule has 0 atom stereocenters. The van der Waals surface area contributed by atoms with E-state index < -0.39 is 0 Å². The smallest absolute Gasteiger partial charge is 0.226 e. The minimum atomic E-state index is 0.130. The highest BCUT2D eigenvalue weighted by molar-refractivity contribution is 5.32. The average Bonchev–Trinajstić information content (AvgIpc) is 2.30. The van der Waals surface area contributed by atoms with E-state index in [0.29, 0.717) is 17.9 Å². The lowest BCUT2D eigenvalue weighted by atomic mass is 10.1. The van der Waals surface area contributed by atoms with Crippen molar-refractivity contribution in [3.63, 3.8) is 0 Å². The van der Waals surface area contributed by atoms with Crippen molar-refractivity contribution in [1.29, 1.82) is 0 Å². The molecule has 1 aromatic rings. The summed E-state index contributed by atoms with van der Waals surface area (Å²) >= 11 is 0. The lowest BCUT2D eigenvalue weighted by Gasteiger charge is -2.29. The lowest BCUT2D eigenvalue weighted by Crippen LogP contribution is -2.37. The van der Waals surface area contributed by atoms with Crippen LogP contribution in [0.5, 0.6) is 5.88 Å². The van der Waals surface area contributed by atoms with E-state index in [1.165, 1.54) is 0 Å². The Labute approximate surface area is 115 Å². The Kier molecular flexibility index (Phi) is 4.58. The van der Waals surface area contributed by atoms with Gasteiger partial charge in [-0.05, 0) is 53.8 Å². The SMILES string of the molecule is Cc1cc(OC(C)C)nc(NC2CCN(C)CC2)n1. The number of anilines is 1. The number of piperidine rings is 1. The van der Waals surface area contributed by atoms with Crippen molar-refractivity contribution in [3.8, 4) is 5.88 Å². The third-order valence-electron chi connectivity index (χ3n) is 3.24. The number of aromatic nitrogens is 2. The van der Waals surface area contributed by atoms with Crippen molar-refractivity contribution in [3.05, 3.63) is 11.8 Å². The van der Waals surface area contributed by atoms with Crippen LogP contribution in [0.15, 0.2) is 6.07 Å². The highest BCUT2D eigenvalue weighted by atomic mass is 16.5. The monoisotopic (exact) mass is 264 g/mol. The summed E-state index contributed by atoms with van der Waals surface area (Å²) in [6.07, 6.45) is 2.40. The Balaban J connectivity index is 2.01. The van der Waals surface area contributed by atoms with Gasteiger partial charge in [0.2, 0.25) is 11.8 Å². The highest BCUT2D eigenvalue weighted by Gasteiger charge is 2.17. The van der Waals surface area contributed by atoms with Crippen LogP contribution in [0, 0.1) is 6.92 Å². The third-order valence-corrected chi connectivity index (χ3v) is 3.24. The minimum Gasteiger partial charge on any atom is -0.475 e. The van der Waals surface area contributed by atoms with Gasteiger partial charge in [-0.15, -0.1) is 0 Å². The number of hydrogen-bond donors (Lipinski definition) is 1. The molecule has 1 saturated heterocycles. The number of hydrogen-bond acceptors (Lipinski definition) is 5. The van der Waals surface area contributed by atoms with Gasteiger partial charge in [-0.2, -0.15) is 4.98 Å². The summed E-state index contributed by atoms with van der Waals surface area (Å²) in [7, 11) is 2.16. The molecule has 5 nitrogen and oxygen atoms in total.